The molecule has 2 aromatic carbocycles. The number of carbonyl (C=O) groups is 1. The molecule has 0 radical (unpaired) electrons. The van der Waals surface area contributed by atoms with Gasteiger partial charge >= 0.3 is 0 Å². The Bertz CT molecular complexity index is 1230. The topological polar surface area (TPSA) is 68.4 Å². The molecule has 0 saturated heterocycles. The van der Waals surface area contributed by atoms with Gasteiger partial charge in [-0.05, 0) is 30.7 Å². The summed E-state index contributed by atoms with van der Waals surface area (Å²) >= 11 is 6.14. The van der Waals surface area contributed by atoms with E-state index in [0.717, 1.165) is 22.2 Å². The van der Waals surface area contributed by atoms with Crippen molar-refractivity contribution in [2.45, 2.75) is 20.0 Å². The van der Waals surface area contributed by atoms with Crippen LogP contribution in [0.15, 0.2) is 59.4 Å². The van der Waals surface area contributed by atoms with Crippen LogP contribution >= 0.6 is 11.6 Å². The third kappa shape index (κ3) is 3.19. The maximum absolute atomic E-state index is 12.6. The maximum Gasteiger partial charge on any atom is 0.273 e. The van der Waals surface area contributed by atoms with Crippen molar-refractivity contribution in [3.63, 3.8) is 0 Å². The van der Waals surface area contributed by atoms with Crippen LogP contribution in [0.25, 0.3) is 16.6 Å². The van der Waals surface area contributed by atoms with Crippen molar-refractivity contribution in [2.24, 2.45) is 0 Å². The fourth-order valence-electron chi connectivity index (χ4n) is 3.25. The number of aryl methyl sites for hydroxylation is 1. The van der Waals surface area contributed by atoms with Gasteiger partial charge in [0.1, 0.15) is 6.54 Å². The summed E-state index contributed by atoms with van der Waals surface area (Å²) in [7, 11) is 0. The van der Waals surface area contributed by atoms with Gasteiger partial charge in [0.15, 0.2) is 5.65 Å². The normalized spacial score (nSPS) is 11.2. The van der Waals surface area contributed by atoms with Gasteiger partial charge in [-0.3, -0.25) is 14.3 Å². The minimum absolute atomic E-state index is 0.0971. The first kappa shape index (κ1) is 17.3. The Kier molecular flexibility index (Phi) is 4.41. The van der Waals surface area contributed by atoms with Gasteiger partial charge in [0.05, 0.1) is 5.52 Å². The lowest BCUT2D eigenvalue weighted by Crippen LogP contribution is -2.29. The number of halogens is 1. The van der Waals surface area contributed by atoms with E-state index in [0.29, 0.717) is 17.2 Å². The van der Waals surface area contributed by atoms with Crippen LogP contribution < -0.4 is 10.9 Å². The molecule has 0 unspecified atom stereocenters. The molecule has 2 heterocycles. The molecule has 0 aliphatic heterocycles. The van der Waals surface area contributed by atoms with Crippen LogP contribution in [0.2, 0.25) is 5.02 Å². The van der Waals surface area contributed by atoms with Gasteiger partial charge in [-0.25, -0.2) is 4.52 Å². The molecule has 0 bridgehead atoms. The summed E-state index contributed by atoms with van der Waals surface area (Å²) in [5, 5.41) is 4.35. The SMILES string of the molecule is Cc1cc(=O)nc2c3ccccc3n(CC(=O)NCc3ccccc3Cl)n12. The van der Waals surface area contributed by atoms with Crippen molar-refractivity contribution in [3.05, 3.63) is 81.2 Å². The third-order valence-electron chi connectivity index (χ3n) is 4.47. The molecule has 4 rings (SSSR count). The molecule has 0 atom stereocenters. The molecule has 0 aliphatic carbocycles. The van der Waals surface area contributed by atoms with Crippen LogP contribution in [0.5, 0.6) is 0 Å². The van der Waals surface area contributed by atoms with Crippen LogP contribution in [0.3, 0.4) is 0 Å². The van der Waals surface area contributed by atoms with Crippen LogP contribution in [0, 0.1) is 6.92 Å². The summed E-state index contributed by atoms with van der Waals surface area (Å²) in [4.78, 5) is 28.6. The van der Waals surface area contributed by atoms with Gasteiger partial charge in [-0.15, -0.1) is 0 Å². The second kappa shape index (κ2) is 6.89. The summed E-state index contributed by atoms with van der Waals surface area (Å²) in [6.45, 7) is 2.27. The third-order valence-corrected chi connectivity index (χ3v) is 4.84. The Morgan fingerprint density at radius 3 is 2.70 bits per heavy atom. The highest BCUT2D eigenvalue weighted by molar-refractivity contribution is 6.31. The number of carbonyl (C=O) groups excluding carboxylic acids is 1. The smallest absolute Gasteiger partial charge is 0.273 e. The highest BCUT2D eigenvalue weighted by Gasteiger charge is 2.15. The van der Waals surface area contributed by atoms with Gasteiger partial charge in [0.25, 0.3) is 5.56 Å². The maximum atomic E-state index is 12.6. The summed E-state index contributed by atoms with van der Waals surface area (Å²) in [5.74, 6) is -0.157. The molecular weight excluding hydrogens is 364 g/mol. The van der Waals surface area contributed by atoms with E-state index < -0.39 is 0 Å². The van der Waals surface area contributed by atoms with Crippen LogP contribution in [-0.2, 0) is 17.9 Å². The molecule has 2 aromatic heterocycles. The predicted octanol–water partition coefficient (Wildman–Crippen LogP) is 2.93. The summed E-state index contributed by atoms with van der Waals surface area (Å²) in [6.07, 6.45) is 0. The van der Waals surface area contributed by atoms with E-state index in [1.54, 1.807) is 10.6 Å². The van der Waals surface area contributed by atoms with Crippen molar-refractivity contribution >= 4 is 34.1 Å². The minimum Gasteiger partial charge on any atom is -0.350 e. The second-order valence-electron chi connectivity index (χ2n) is 6.31. The standard InChI is InChI=1S/C20H17ClN4O2/c1-13-10-18(26)23-20-15-7-3-5-9-17(15)24(25(13)20)12-19(27)22-11-14-6-2-4-8-16(14)21/h2-10H,11-12H2,1H3,(H,22,27). The van der Waals surface area contributed by atoms with Gasteiger partial charge in [-0.2, -0.15) is 4.98 Å². The van der Waals surface area contributed by atoms with E-state index in [1.165, 1.54) is 6.07 Å². The number of benzene rings is 2. The molecular formula is C20H17ClN4O2. The highest BCUT2D eigenvalue weighted by atomic mass is 35.5. The lowest BCUT2D eigenvalue weighted by atomic mass is 10.2. The first-order valence-electron chi connectivity index (χ1n) is 8.52. The zero-order valence-corrected chi connectivity index (χ0v) is 15.4. The average molecular weight is 381 g/mol. The van der Waals surface area contributed by atoms with E-state index >= 15 is 0 Å². The first-order valence-corrected chi connectivity index (χ1v) is 8.90. The fourth-order valence-corrected chi connectivity index (χ4v) is 3.45. The summed E-state index contributed by atoms with van der Waals surface area (Å²) < 4.78 is 3.63. The molecule has 0 fully saturated rings. The summed E-state index contributed by atoms with van der Waals surface area (Å²) in [5.41, 5.74) is 2.68. The molecule has 1 N–H and O–H groups in total. The number of fused-ring (bicyclic) bond motifs is 3. The highest BCUT2D eigenvalue weighted by Crippen LogP contribution is 2.21. The molecule has 6 nitrogen and oxygen atoms in total. The zero-order chi connectivity index (χ0) is 19.0. The van der Waals surface area contributed by atoms with E-state index in [9.17, 15) is 9.59 Å². The molecule has 136 valence electrons. The Balaban J connectivity index is 1.69. The number of nitrogens with zero attached hydrogens (tertiary/aromatic N) is 3. The van der Waals surface area contributed by atoms with Crippen molar-refractivity contribution < 1.29 is 4.79 Å². The predicted molar refractivity (Wildman–Crippen MR) is 105 cm³/mol. The fraction of sp³-hybridized carbons (Fsp3) is 0.150. The molecule has 0 saturated carbocycles. The zero-order valence-electron chi connectivity index (χ0n) is 14.6. The number of amides is 1. The number of hydrogen-bond acceptors (Lipinski definition) is 3. The Morgan fingerprint density at radius 2 is 1.89 bits per heavy atom. The average Bonchev–Trinajstić information content (AvgIpc) is 2.95. The molecule has 1 amide bonds. The second-order valence-corrected chi connectivity index (χ2v) is 6.72. The van der Waals surface area contributed by atoms with Gasteiger partial charge in [0, 0.05) is 28.7 Å². The molecule has 4 aromatic rings. The molecule has 7 heteroatoms. The van der Waals surface area contributed by atoms with Gasteiger partial charge in [-0.1, -0.05) is 41.9 Å². The lowest BCUT2D eigenvalue weighted by molar-refractivity contribution is -0.122. The molecule has 0 aliphatic rings. The van der Waals surface area contributed by atoms with Crippen molar-refractivity contribution in [1.82, 2.24) is 19.5 Å². The van der Waals surface area contributed by atoms with E-state index in [4.69, 9.17) is 11.6 Å². The van der Waals surface area contributed by atoms with Gasteiger partial charge < -0.3 is 5.32 Å². The van der Waals surface area contributed by atoms with Gasteiger partial charge in [0.2, 0.25) is 5.91 Å². The van der Waals surface area contributed by atoms with E-state index in [2.05, 4.69) is 10.3 Å². The molecule has 0 spiro atoms. The van der Waals surface area contributed by atoms with E-state index in [1.807, 2.05) is 54.1 Å². The number of rotatable bonds is 4. The molecule has 27 heavy (non-hydrogen) atoms. The largest absolute Gasteiger partial charge is 0.350 e. The lowest BCUT2D eigenvalue weighted by Gasteiger charge is -2.11. The number of aromatic nitrogens is 3. The minimum atomic E-state index is -0.293. The van der Waals surface area contributed by atoms with Crippen molar-refractivity contribution in [2.75, 3.05) is 0 Å². The number of hydrogen-bond donors (Lipinski definition) is 1. The van der Waals surface area contributed by atoms with Crippen molar-refractivity contribution in [3.8, 4) is 0 Å². The van der Waals surface area contributed by atoms with Crippen LogP contribution in [0.4, 0.5) is 0 Å². The van der Waals surface area contributed by atoms with Crippen molar-refractivity contribution in [1.29, 1.82) is 0 Å². The van der Waals surface area contributed by atoms with E-state index in [-0.39, 0.29) is 18.0 Å². The number of nitrogens with one attached hydrogen (secondary N) is 1. The first-order chi connectivity index (χ1) is 13.0. The van der Waals surface area contributed by atoms with Crippen LogP contribution in [-0.4, -0.2) is 20.1 Å². The Labute approximate surface area is 160 Å². The number of para-hydroxylation sites is 1. The summed E-state index contributed by atoms with van der Waals surface area (Å²) in [6, 6.07) is 16.5. The quantitative estimate of drug-likeness (QED) is 0.592. The monoisotopic (exact) mass is 380 g/mol. The van der Waals surface area contributed by atoms with Crippen LogP contribution in [0.1, 0.15) is 11.3 Å². The Morgan fingerprint density at radius 1 is 1.15 bits per heavy atom. The Hall–Kier alpha value is -3.12.